The topological polar surface area (TPSA) is 93.5 Å². The summed E-state index contributed by atoms with van der Waals surface area (Å²) >= 11 is 0. The number of rotatable bonds is 10. The normalized spacial score (nSPS) is 9.93. The first kappa shape index (κ1) is 23.5. The van der Waals surface area contributed by atoms with E-state index in [0.29, 0.717) is 31.7 Å². The van der Waals surface area contributed by atoms with Crippen LogP contribution >= 0.6 is 12.4 Å². The molecule has 28 heavy (non-hydrogen) atoms. The first-order valence-electron chi connectivity index (χ1n) is 9.12. The second kappa shape index (κ2) is 12.8. The van der Waals surface area contributed by atoms with Crippen molar-refractivity contribution in [3.05, 3.63) is 59.7 Å². The number of carbonyl (C=O) groups is 2. The third-order valence-electron chi connectivity index (χ3n) is 3.97. The Balaban J connectivity index is 0.00000392. The number of nitrogens with one attached hydrogen (secondary N) is 2. The number of aryl methyl sites for hydroxylation is 1. The van der Waals surface area contributed by atoms with Crippen molar-refractivity contribution in [2.24, 2.45) is 5.73 Å². The number of nitrogens with two attached hydrogens (primary N) is 1. The molecule has 0 aromatic heterocycles. The molecule has 2 amide bonds. The lowest BCUT2D eigenvalue weighted by atomic mass is 10.1. The molecule has 2 rings (SSSR count). The molecule has 0 atom stereocenters. The molecule has 152 valence electrons. The Hall–Kier alpha value is -2.57. The van der Waals surface area contributed by atoms with Gasteiger partial charge in [-0.05, 0) is 56.1 Å². The van der Waals surface area contributed by atoms with E-state index >= 15 is 0 Å². The summed E-state index contributed by atoms with van der Waals surface area (Å²) in [5.74, 6) is 0.452. The van der Waals surface area contributed by atoms with E-state index in [1.807, 2.05) is 55.5 Å². The molecule has 0 radical (unpaired) electrons. The van der Waals surface area contributed by atoms with Crippen molar-refractivity contribution >= 4 is 29.9 Å². The summed E-state index contributed by atoms with van der Waals surface area (Å²) in [5.41, 5.74) is 8.36. The maximum Gasteiger partial charge on any atom is 0.262 e. The van der Waals surface area contributed by atoms with Crippen LogP contribution in [0.4, 0.5) is 5.69 Å². The zero-order valence-corrected chi connectivity index (χ0v) is 16.9. The van der Waals surface area contributed by atoms with Gasteiger partial charge in [0, 0.05) is 18.7 Å². The number of hydrogen-bond acceptors (Lipinski definition) is 4. The van der Waals surface area contributed by atoms with Crippen molar-refractivity contribution in [2.45, 2.75) is 26.2 Å². The van der Waals surface area contributed by atoms with E-state index in [1.54, 1.807) is 0 Å². The quantitative estimate of drug-likeness (QED) is 0.566. The van der Waals surface area contributed by atoms with Gasteiger partial charge in [-0.25, -0.2) is 0 Å². The Kier molecular flexibility index (Phi) is 10.7. The fourth-order valence-corrected chi connectivity index (χ4v) is 2.43. The fourth-order valence-electron chi connectivity index (χ4n) is 2.43. The van der Waals surface area contributed by atoms with Gasteiger partial charge in [0.05, 0.1) is 0 Å². The molecule has 0 bridgehead atoms. The highest BCUT2D eigenvalue weighted by Gasteiger charge is 2.04. The summed E-state index contributed by atoms with van der Waals surface area (Å²) in [7, 11) is 0. The predicted octanol–water partition coefficient (Wildman–Crippen LogP) is 2.83. The fraction of sp³-hybridized carbons (Fsp3) is 0.333. The summed E-state index contributed by atoms with van der Waals surface area (Å²) in [6, 6.07) is 15.1. The van der Waals surface area contributed by atoms with Crippen LogP contribution in [0.3, 0.4) is 0 Å². The lowest BCUT2D eigenvalue weighted by Crippen LogP contribution is -2.25. The largest absolute Gasteiger partial charge is 0.484 e. The second-order valence-electron chi connectivity index (χ2n) is 6.34. The van der Waals surface area contributed by atoms with Crippen LogP contribution in [0, 0.1) is 6.92 Å². The van der Waals surface area contributed by atoms with E-state index in [1.165, 1.54) is 0 Å². The van der Waals surface area contributed by atoms with E-state index in [4.69, 9.17) is 10.5 Å². The zero-order valence-electron chi connectivity index (χ0n) is 16.1. The van der Waals surface area contributed by atoms with E-state index in [-0.39, 0.29) is 30.8 Å². The monoisotopic (exact) mass is 405 g/mol. The summed E-state index contributed by atoms with van der Waals surface area (Å²) < 4.78 is 5.51. The Labute approximate surface area is 172 Å². The molecular formula is C21H28ClN3O3. The van der Waals surface area contributed by atoms with Crippen LogP contribution in [0.5, 0.6) is 5.75 Å². The van der Waals surface area contributed by atoms with Gasteiger partial charge in [0.25, 0.3) is 5.91 Å². The Bertz CT molecular complexity index is 734. The molecule has 0 aliphatic carbocycles. The van der Waals surface area contributed by atoms with Crippen LogP contribution in [0.15, 0.2) is 48.5 Å². The van der Waals surface area contributed by atoms with Crippen molar-refractivity contribution < 1.29 is 14.3 Å². The van der Waals surface area contributed by atoms with E-state index in [2.05, 4.69) is 10.6 Å². The third kappa shape index (κ3) is 8.88. The lowest BCUT2D eigenvalue weighted by Gasteiger charge is -2.09. The Morgan fingerprint density at radius 1 is 1.00 bits per heavy atom. The first-order valence-corrected chi connectivity index (χ1v) is 9.12. The van der Waals surface area contributed by atoms with Gasteiger partial charge in [0.2, 0.25) is 5.91 Å². The molecule has 0 saturated heterocycles. The van der Waals surface area contributed by atoms with Gasteiger partial charge in [-0.3, -0.25) is 9.59 Å². The highest BCUT2D eigenvalue weighted by molar-refractivity contribution is 5.91. The summed E-state index contributed by atoms with van der Waals surface area (Å²) in [4.78, 5) is 23.5. The molecule has 0 aliphatic heterocycles. The van der Waals surface area contributed by atoms with Gasteiger partial charge in [0.15, 0.2) is 6.61 Å². The number of halogens is 1. The van der Waals surface area contributed by atoms with Crippen LogP contribution < -0.4 is 21.1 Å². The number of amides is 2. The number of benzene rings is 2. The van der Waals surface area contributed by atoms with Gasteiger partial charge in [-0.15, -0.1) is 12.4 Å². The predicted molar refractivity (Wildman–Crippen MR) is 114 cm³/mol. The van der Waals surface area contributed by atoms with Crippen molar-refractivity contribution in [1.82, 2.24) is 5.32 Å². The van der Waals surface area contributed by atoms with Crippen molar-refractivity contribution in [3.63, 3.8) is 0 Å². The van der Waals surface area contributed by atoms with Crippen LogP contribution in [-0.2, 0) is 16.0 Å². The minimum Gasteiger partial charge on any atom is -0.484 e. The maximum absolute atomic E-state index is 11.9. The molecule has 0 heterocycles. The number of carbonyl (C=O) groups excluding carboxylic acids is 2. The number of hydrogen-bond donors (Lipinski definition) is 3. The SMILES string of the molecule is Cc1ccc(NC(=O)COc2ccc(CCNC(=O)CCCN)cc2)cc1.Cl. The molecule has 6 nitrogen and oxygen atoms in total. The lowest BCUT2D eigenvalue weighted by molar-refractivity contribution is -0.121. The number of anilines is 1. The Morgan fingerprint density at radius 3 is 2.32 bits per heavy atom. The number of ether oxygens (including phenoxy) is 1. The van der Waals surface area contributed by atoms with Crippen molar-refractivity contribution in [1.29, 1.82) is 0 Å². The molecule has 4 N–H and O–H groups in total. The first-order chi connectivity index (χ1) is 13.1. The van der Waals surface area contributed by atoms with Crippen LogP contribution in [0.1, 0.15) is 24.0 Å². The van der Waals surface area contributed by atoms with E-state index < -0.39 is 0 Å². The van der Waals surface area contributed by atoms with Gasteiger partial charge < -0.3 is 21.1 Å². The van der Waals surface area contributed by atoms with Crippen LogP contribution in [0.2, 0.25) is 0 Å². The smallest absolute Gasteiger partial charge is 0.262 e. The van der Waals surface area contributed by atoms with Gasteiger partial charge in [0.1, 0.15) is 5.75 Å². The van der Waals surface area contributed by atoms with Crippen LogP contribution in [-0.4, -0.2) is 31.5 Å². The summed E-state index contributed by atoms with van der Waals surface area (Å²) in [6.45, 7) is 3.05. The van der Waals surface area contributed by atoms with Crippen molar-refractivity contribution in [3.8, 4) is 5.75 Å². The zero-order chi connectivity index (χ0) is 19.5. The average molecular weight is 406 g/mol. The standard InChI is InChI=1S/C21H27N3O3.ClH/c1-16-4-8-18(9-5-16)24-21(26)15-27-19-10-6-17(7-11-19)12-14-23-20(25)3-2-13-22;/h4-11H,2-3,12-15,22H2,1H3,(H,23,25)(H,24,26);1H. The molecule has 0 spiro atoms. The molecule has 0 unspecified atom stereocenters. The van der Waals surface area contributed by atoms with Crippen molar-refractivity contribution in [2.75, 3.05) is 25.0 Å². The maximum atomic E-state index is 11.9. The molecule has 2 aromatic carbocycles. The van der Waals surface area contributed by atoms with Gasteiger partial charge >= 0.3 is 0 Å². The Morgan fingerprint density at radius 2 is 1.68 bits per heavy atom. The summed E-state index contributed by atoms with van der Waals surface area (Å²) in [5, 5.41) is 5.66. The molecular weight excluding hydrogens is 378 g/mol. The average Bonchev–Trinajstić information content (AvgIpc) is 2.67. The highest BCUT2D eigenvalue weighted by atomic mass is 35.5. The summed E-state index contributed by atoms with van der Waals surface area (Å²) in [6.07, 6.45) is 1.91. The minimum absolute atomic E-state index is 0. The molecule has 0 fully saturated rings. The minimum atomic E-state index is -0.205. The molecule has 0 saturated carbocycles. The highest BCUT2D eigenvalue weighted by Crippen LogP contribution is 2.13. The molecule has 7 heteroatoms. The molecule has 2 aromatic rings. The van der Waals surface area contributed by atoms with E-state index in [0.717, 1.165) is 23.2 Å². The second-order valence-corrected chi connectivity index (χ2v) is 6.34. The van der Waals surface area contributed by atoms with Gasteiger partial charge in [-0.2, -0.15) is 0 Å². The molecule has 0 aliphatic rings. The van der Waals surface area contributed by atoms with Gasteiger partial charge in [-0.1, -0.05) is 29.8 Å². The van der Waals surface area contributed by atoms with Crippen LogP contribution in [0.25, 0.3) is 0 Å². The third-order valence-corrected chi connectivity index (χ3v) is 3.97. The van der Waals surface area contributed by atoms with E-state index in [9.17, 15) is 9.59 Å².